The summed E-state index contributed by atoms with van der Waals surface area (Å²) in [6.07, 6.45) is 1.34. The SMILES string of the molecule is Cn1nc(OCC(=O)O)cc1-c1cc(F)ccn1. The second kappa shape index (κ2) is 4.82. The number of carbonyl (C=O) groups is 1. The lowest BCUT2D eigenvalue weighted by atomic mass is 10.2. The van der Waals surface area contributed by atoms with Crippen LogP contribution in [0.2, 0.25) is 0 Å². The zero-order chi connectivity index (χ0) is 13.1. The first-order valence-electron chi connectivity index (χ1n) is 5.07. The van der Waals surface area contributed by atoms with E-state index in [1.165, 1.54) is 29.1 Å². The van der Waals surface area contributed by atoms with E-state index in [4.69, 9.17) is 9.84 Å². The maximum Gasteiger partial charge on any atom is 0.341 e. The van der Waals surface area contributed by atoms with E-state index in [0.29, 0.717) is 11.4 Å². The van der Waals surface area contributed by atoms with Crippen LogP contribution < -0.4 is 4.74 Å². The summed E-state index contributed by atoms with van der Waals surface area (Å²) in [6.45, 7) is -0.479. The van der Waals surface area contributed by atoms with E-state index in [1.807, 2.05) is 0 Å². The van der Waals surface area contributed by atoms with Gasteiger partial charge in [-0.1, -0.05) is 0 Å². The van der Waals surface area contributed by atoms with Crippen LogP contribution in [0.15, 0.2) is 24.4 Å². The molecule has 0 fully saturated rings. The van der Waals surface area contributed by atoms with E-state index >= 15 is 0 Å². The lowest BCUT2D eigenvalue weighted by molar-refractivity contribution is -0.139. The summed E-state index contributed by atoms with van der Waals surface area (Å²) in [5, 5.41) is 12.4. The van der Waals surface area contributed by atoms with Gasteiger partial charge in [0.05, 0.1) is 11.4 Å². The van der Waals surface area contributed by atoms with Gasteiger partial charge >= 0.3 is 5.97 Å². The van der Waals surface area contributed by atoms with Crippen molar-refractivity contribution in [3.63, 3.8) is 0 Å². The number of aromatic nitrogens is 3. The van der Waals surface area contributed by atoms with E-state index in [2.05, 4.69) is 10.1 Å². The summed E-state index contributed by atoms with van der Waals surface area (Å²) in [5.74, 6) is -1.35. The van der Waals surface area contributed by atoms with E-state index in [0.717, 1.165) is 0 Å². The number of carboxylic acids is 1. The Labute approximate surface area is 102 Å². The lowest BCUT2D eigenvalue weighted by Gasteiger charge is -1.99. The zero-order valence-corrected chi connectivity index (χ0v) is 9.50. The molecular formula is C11H10FN3O3. The Kier molecular flexibility index (Phi) is 3.22. The van der Waals surface area contributed by atoms with E-state index < -0.39 is 18.4 Å². The minimum Gasteiger partial charge on any atom is -0.479 e. The van der Waals surface area contributed by atoms with Gasteiger partial charge in [0.1, 0.15) is 5.82 Å². The Balaban J connectivity index is 2.26. The van der Waals surface area contributed by atoms with Crippen LogP contribution in [0.5, 0.6) is 5.88 Å². The molecule has 2 aromatic heterocycles. The molecule has 0 atom stereocenters. The number of rotatable bonds is 4. The molecule has 6 nitrogen and oxygen atoms in total. The van der Waals surface area contributed by atoms with Gasteiger partial charge in [0.25, 0.3) is 0 Å². The highest BCUT2D eigenvalue weighted by Gasteiger charge is 2.11. The Morgan fingerprint density at radius 3 is 3.00 bits per heavy atom. The molecule has 7 heteroatoms. The number of nitrogens with zero attached hydrogens (tertiary/aromatic N) is 3. The van der Waals surface area contributed by atoms with E-state index in [9.17, 15) is 9.18 Å². The molecule has 0 aliphatic heterocycles. The molecule has 0 saturated heterocycles. The largest absolute Gasteiger partial charge is 0.479 e. The normalized spacial score (nSPS) is 10.3. The first kappa shape index (κ1) is 12.0. The van der Waals surface area contributed by atoms with Gasteiger partial charge in [0.15, 0.2) is 6.61 Å². The summed E-state index contributed by atoms with van der Waals surface area (Å²) in [7, 11) is 1.63. The minimum absolute atomic E-state index is 0.154. The van der Waals surface area contributed by atoms with Crippen molar-refractivity contribution in [3.8, 4) is 17.3 Å². The molecule has 0 amide bonds. The van der Waals surface area contributed by atoms with Gasteiger partial charge in [-0.25, -0.2) is 9.18 Å². The predicted molar refractivity (Wildman–Crippen MR) is 59.5 cm³/mol. The van der Waals surface area contributed by atoms with Gasteiger partial charge < -0.3 is 9.84 Å². The monoisotopic (exact) mass is 251 g/mol. The maximum atomic E-state index is 13.1. The van der Waals surface area contributed by atoms with Gasteiger partial charge in [-0.15, -0.1) is 5.10 Å². The van der Waals surface area contributed by atoms with Gasteiger partial charge in [0.2, 0.25) is 5.88 Å². The van der Waals surface area contributed by atoms with Gasteiger partial charge in [-0.05, 0) is 6.07 Å². The number of hydrogen-bond acceptors (Lipinski definition) is 4. The van der Waals surface area contributed by atoms with Crippen molar-refractivity contribution in [1.29, 1.82) is 0 Å². The van der Waals surface area contributed by atoms with Gasteiger partial charge in [-0.2, -0.15) is 0 Å². The average molecular weight is 251 g/mol. The van der Waals surface area contributed by atoms with Crippen LogP contribution in [0.4, 0.5) is 4.39 Å². The van der Waals surface area contributed by atoms with Crippen molar-refractivity contribution >= 4 is 5.97 Å². The Hall–Kier alpha value is -2.44. The number of carboxylic acid groups (broad SMARTS) is 1. The fraction of sp³-hybridized carbons (Fsp3) is 0.182. The molecule has 0 aliphatic rings. The van der Waals surface area contributed by atoms with Crippen LogP contribution in [0, 0.1) is 5.82 Å². The zero-order valence-electron chi connectivity index (χ0n) is 9.50. The standard InChI is InChI=1S/C11H10FN3O3/c1-15-9(8-4-7(12)2-3-13-8)5-10(14-15)18-6-11(16)17/h2-5H,6H2,1H3,(H,16,17). The molecule has 0 aromatic carbocycles. The van der Waals surface area contributed by atoms with Crippen LogP contribution in [0.25, 0.3) is 11.4 Å². The molecule has 0 radical (unpaired) electrons. The fourth-order valence-corrected chi connectivity index (χ4v) is 1.43. The molecule has 2 heterocycles. The molecule has 0 spiro atoms. The number of ether oxygens (including phenoxy) is 1. The summed E-state index contributed by atoms with van der Waals surface area (Å²) < 4.78 is 19.4. The molecule has 2 aromatic rings. The number of aliphatic carboxylic acids is 1. The fourth-order valence-electron chi connectivity index (χ4n) is 1.43. The molecule has 0 bridgehead atoms. The molecule has 1 N–H and O–H groups in total. The number of halogens is 1. The topological polar surface area (TPSA) is 77.2 Å². The third-order valence-electron chi connectivity index (χ3n) is 2.19. The number of pyridine rings is 1. The lowest BCUT2D eigenvalue weighted by Crippen LogP contribution is -2.09. The third kappa shape index (κ3) is 2.62. The Morgan fingerprint density at radius 2 is 2.33 bits per heavy atom. The molecule has 18 heavy (non-hydrogen) atoms. The molecule has 0 saturated carbocycles. The highest BCUT2D eigenvalue weighted by molar-refractivity contribution is 5.68. The van der Waals surface area contributed by atoms with Crippen LogP contribution in [-0.2, 0) is 11.8 Å². The first-order valence-corrected chi connectivity index (χ1v) is 5.07. The number of aryl methyl sites for hydroxylation is 1. The first-order chi connectivity index (χ1) is 8.56. The van der Waals surface area contributed by atoms with Crippen LogP contribution >= 0.6 is 0 Å². The van der Waals surface area contributed by atoms with Crippen LogP contribution in [0.3, 0.4) is 0 Å². The Morgan fingerprint density at radius 1 is 1.56 bits per heavy atom. The summed E-state index contributed by atoms with van der Waals surface area (Å²) in [6, 6.07) is 4.00. The number of hydrogen-bond donors (Lipinski definition) is 1. The van der Waals surface area contributed by atoms with E-state index in [1.54, 1.807) is 7.05 Å². The maximum absolute atomic E-state index is 13.1. The summed E-state index contributed by atoms with van der Waals surface area (Å²) in [5.41, 5.74) is 0.935. The molecule has 0 unspecified atom stereocenters. The quantitative estimate of drug-likeness (QED) is 0.879. The highest BCUT2D eigenvalue weighted by Crippen LogP contribution is 2.21. The minimum atomic E-state index is -1.09. The van der Waals surface area contributed by atoms with Crippen molar-refractivity contribution < 1.29 is 19.0 Å². The van der Waals surface area contributed by atoms with Crippen LogP contribution in [-0.4, -0.2) is 32.4 Å². The van der Waals surface area contributed by atoms with Crippen molar-refractivity contribution in [1.82, 2.24) is 14.8 Å². The van der Waals surface area contributed by atoms with Gasteiger partial charge in [-0.3, -0.25) is 9.67 Å². The highest BCUT2D eigenvalue weighted by atomic mass is 19.1. The predicted octanol–water partition coefficient (Wildman–Crippen LogP) is 1.08. The van der Waals surface area contributed by atoms with Crippen molar-refractivity contribution in [2.24, 2.45) is 7.05 Å². The van der Waals surface area contributed by atoms with Crippen molar-refractivity contribution in [3.05, 3.63) is 30.2 Å². The smallest absolute Gasteiger partial charge is 0.341 e. The third-order valence-corrected chi connectivity index (χ3v) is 2.19. The van der Waals surface area contributed by atoms with Crippen molar-refractivity contribution in [2.45, 2.75) is 0 Å². The Bertz CT molecular complexity index is 583. The molecule has 94 valence electrons. The average Bonchev–Trinajstić information content (AvgIpc) is 2.68. The molecule has 0 aliphatic carbocycles. The van der Waals surface area contributed by atoms with Crippen molar-refractivity contribution in [2.75, 3.05) is 6.61 Å². The molecule has 2 rings (SSSR count). The summed E-state index contributed by atoms with van der Waals surface area (Å²) in [4.78, 5) is 14.4. The van der Waals surface area contributed by atoms with E-state index in [-0.39, 0.29) is 5.88 Å². The molecular weight excluding hydrogens is 241 g/mol. The summed E-state index contributed by atoms with van der Waals surface area (Å²) >= 11 is 0. The van der Waals surface area contributed by atoms with Gasteiger partial charge in [0, 0.05) is 25.4 Å². The second-order valence-corrected chi connectivity index (χ2v) is 3.53. The van der Waals surface area contributed by atoms with Crippen LogP contribution in [0.1, 0.15) is 0 Å². The second-order valence-electron chi connectivity index (χ2n) is 3.53.